The number of oxazole rings is 1. The Morgan fingerprint density at radius 1 is 1.11 bits per heavy atom. The Labute approximate surface area is 153 Å². The van der Waals surface area contributed by atoms with Gasteiger partial charge in [-0.1, -0.05) is 18.2 Å². The first-order chi connectivity index (χ1) is 13.1. The number of para-hydroxylation sites is 1. The SMILES string of the molecule is Nc1nc(C(=O)CCc2cccc(-c3cnco3)n2)c2cccc(F)c2n1. The van der Waals surface area contributed by atoms with E-state index >= 15 is 0 Å². The van der Waals surface area contributed by atoms with Crippen LogP contribution in [-0.2, 0) is 6.42 Å². The summed E-state index contributed by atoms with van der Waals surface area (Å²) < 4.78 is 19.2. The molecule has 134 valence electrons. The number of anilines is 1. The number of nitrogen functional groups attached to an aromatic ring is 1. The zero-order valence-electron chi connectivity index (χ0n) is 14.1. The molecule has 0 saturated carbocycles. The van der Waals surface area contributed by atoms with Gasteiger partial charge in [-0.3, -0.25) is 4.79 Å². The van der Waals surface area contributed by atoms with Crippen molar-refractivity contribution >= 4 is 22.6 Å². The molecule has 0 bridgehead atoms. The van der Waals surface area contributed by atoms with Crippen LogP contribution in [0.5, 0.6) is 0 Å². The molecular formula is C19H14FN5O2. The van der Waals surface area contributed by atoms with Gasteiger partial charge in [0.2, 0.25) is 5.95 Å². The van der Waals surface area contributed by atoms with Gasteiger partial charge in [-0.15, -0.1) is 0 Å². The Kier molecular flexibility index (Phi) is 4.29. The molecule has 0 radical (unpaired) electrons. The van der Waals surface area contributed by atoms with E-state index in [0.29, 0.717) is 23.3 Å². The van der Waals surface area contributed by atoms with E-state index in [2.05, 4.69) is 19.9 Å². The molecule has 0 unspecified atom stereocenters. The fourth-order valence-corrected chi connectivity index (χ4v) is 2.81. The van der Waals surface area contributed by atoms with E-state index in [1.165, 1.54) is 18.5 Å². The molecule has 1 aromatic carbocycles. The summed E-state index contributed by atoms with van der Waals surface area (Å²) in [5.41, 5.74) is 7.15. The number of hydrogen-bond acceptors (Lipinski definition) is 7. The molecule has 0 spiro atoms. The Morgan fingerprint density at radius 3 is 2.78 bits per heavy atom. The number of nitrogens with zero attached hydrogens (tertiary/aromatic N) is 4. The average molecular weight is 363 g/mol. The van der Waals surface area contributed by atoms with Crippen molar-refractivity contribution in [3.63, 3.8) is 0 Å². The van der Waals surface area contributed by atoms with Crippen LogP contribution in [-0.4, -0.2) is 25.7 Å². The minimum atomic E-state index is -0.544. The highest BCUT2D eigenvalue weighted by atomic mass is 19.1. The van der Waals surface area contributed by atoms with Crippen LogP contribution in [0.15, 0.2) is 53.4 Å². The number of ketones is 1. The van der Waals surface area contributed by atoms with Gasteiger partial charge in [-0.05, 0) is 24.6 Å². The Hall–Kier alpha value is -3.68. The van der Waals surface area contributed by atoms with E-state index in [4.69, 9.17) is 10.2 Å². The van der Waals surface area contributed by atoms with E-state index < -0.39 is 5.82 Å². The average Bonchev–Trinajstić information content (AvgIpc) is 3.21. The van der Waals surface area contributed by atoms with Crippen LogP contribution in [0.4, 0.5) is 10.3 Å². The lowest BCUT2D eigenvalue weighted by Gasteiger charge is -2.07. The summed E-state index contributed by atoms with van der Waals surface area (Å²) in [6.45, 7) is 0. The molecule has 0 aliphatic rings. The maximum Gasteiger partial charge on any atom is 0.221 e. The van der Waals surface area contributed by atoms with Gasteiger partial charge in [0.1, 0.15) is 22.7 Å². The summed E-state index contributed by atoms with van der Waals surface area (Å²) in [6, 6.07) is 9.83. The van der Waals surface area contributed by atoms with Crippen LogP contribution >= 0.6 is 0 Å². The number of benzene rings is 1. The summed E-state index contributed by atoms with van der Waals surface area (Å²) in [6.07, 6.45) is 3.44. The minimum absolute atomic E-state index is 0.0405. The summed E-state index contributed by atoms with van der Waals surface area (Å²) in [5, 5.41) is 0.345. The zero-order chi connectivity index (χ0) is 18.8. The highest BCUT2D eigenvalue weighted by Crippen LogP contribution is 2.22. The summed E-state index contributed by atoms with van der Waals surface area (Å²) in [4.78, 5) is 28.9. The van der Waals surface area contributed by atoms with Crippen LogP contribution < -0.4 is 5.73 Å². The largest absolute Gasteiger partial charge is 0.442 e. The number of fused-ring (bicyclic) bond motifs is 1. The van der Waals surface area contributed by atoms with Crippen molar-refractivity contribution in [1.29, 1.82) is 0 Å². The number of Topliss-reactive ketones (excluding diaryl/α,β-unsaturated/α-hetero) is 1. The third-order valence-electron chi connectivity index (χ3n) is 4.06. The highest BCUT2D eigenvalue weighted by molar-refractivity contribution is 6.06. The smallest absolute Gasteiger partial charge is 0.221 e. The first kappa shape index (κ1) is 16.8. The van der Waals surface area contributed by atoms with Crippen molar-refractivity contribution in [2.24, 2.45) is 0 Å². The van der Waals surface area contributed by atoms with Crippen molar-refractivity contribution in [2.75, 3.05) is 5.73 Å². The van der Waals surface area contributed by atoms with Crippen molar-refractivity contribution in [1.82, 2.24) is 19.9 Å². The number of pyridine rings is 1. The fraction of sp³-hybridized carbons (Fsp3) is 0.105. The van der Waals surface area contributed by atoms with Gasteiger partial charge in [-0.25, -0.2) is 24.3 Å². The van der Waals surface area contributed by atoms with Crippen LogP contribution in [0.1, 0.15) is 22.6 Å². The minimum Gasteiger partial charge on any atom is -0.442 e. The molecule has 0 aliphatic carbocycles. The molecule has 0 amide bonds. The van der Waals surface area contributed by atoms with E-state index in [1.54, 1.807) is 18.3 Å². The fourth-order valence-electron chi connectivity index (χ4n) is 2.81. The standard InChI is InChI=1S/C19H14FN5O2/c20-13-5-2-4-12-17(13)24-19(21)25-18(12)15(26)8-7-11-3-1-6-14(23-11)16-9-22-10-27-16/h1-6,9-10H,7-8H2,(H2,21,24,25). The van der Waals surface area contributed by atoms with Crippen molar-refractivity contribution in [2.45, 2.75) is 12.8 Å². The van der Waals surface area contributed by atoms with Gasteiger partial charge in [-0.2, -0.15) is 0 Å². The van der Waals surface area contributed by atoms with E-state index in [0.717, 1.165) is 5.69 Å². The number of carbonyl (C=O) groups excluding carboxylic acids is 1. The molecule has 7 nitrogen and oxygen atoms in total. The number of rotatable bonds is 5. The lowest BCUT2D eigenvalue weighted by atomic mass is 10.1. The first-order valence-corrected chi connectivity index (χ1v) is 8.21. The molecule has 8 heteroatoms. The van der Waals surface area contributed by atoms with Crippen molar-refractivity contribution in [3.05, 3.63) is 66.2 Å². The molecule has 27 heavy (non-hydrogen) atoms. The van der Waals surface area contributed by atoms with Crippen LogP contribution in [0, 0.1) is 5.82 Å². The molecule has 0 fully saturated rings. The predicted octanol–water partition coefficient (Wildman–Crippen LogP) is 3.22. The van der Waals surface area contributed by atoms with Gasteiger partial charge < -0.3 is 10.2 Å². The molecule has 0 saturated heterocycles. The molecule has 0 aliphatic heterocycles. The number of aromatic nitrogens is 4. The maximum absolute atomic E-state index is 14.0. The monoisotopic (exact) mass is 363 g/mol. The Morgan fingerprint density at radius 2 is 1.96 bits per heavy atom. The van der Waals surface area contributed by atoms with Crippen molar-refractivity contribution in [3.8, 4) is 11.5 Å². The lowest BCUT2D eigenvalue weighted by molar-refractivity contribution is 0.0979. The highest BCUT2D eigenvalue weighted by Gasteiger charge is 2.16. The van der Waals surface area contributed by atoms with Gasteiger partial charge in [0.25, 0.3) is 0 Å². The Bertz CT molecular complexity index is 1130. The third-order valence-corrected chi connectivity index (χ3v) is 4.06. The molecular weight excluding hydrogens is 349 g/mol. The molecule has 3 heterocycles. The van der Waals surface area contributed by atoms with Gasteiger partial charge in [0.05, 0.1) is 6.20 Å². The Balaban J connectivity index is 1.58. The molecule has 2 N–H and O–H groups in total. The second kappa shape index (κ2) is 6.91. The second-order valence-corrected chi connectivity index (χ2v) is 5.87. The number of nitrogens with two attached hydrogens (primary N) is 1. The molecule has 0 atom stereocenters. The van der Waals surface area contributed by atoms with E-state index in [1.807, 2.05) is 12.1 Å². The number of hydrogen-bond donors (Lipinski definition) is 1. The topological polar surface area (TPSA) is 108 Å². The number of aryl methyl sites for hydroxylation is 1. The summed E-state index contributed by atoms with van der Waals surface area (Å²) >= 11 is 0. The maximum atomic E-state index is 14.0. The van der Waals surface area contributed by atoms with Crippen molar-refractivity contribution < 1.29 is 13.6 Å². The van der Waals surface area contributed by atoms with Crippen LogP contribution in [0.3, 0.4) is 0 Å². The van der Waals surface area contributed by atoms with Gasteiger partial charge in [0, 0.05) is 17.5 Å². The molecule has 4 aromatic rings. The number of halogens is 1. The van der Waals surface area contributed by atoms with Crippen LogP contribution in [0.25, 0.3) is 22.4 Å². The predicted molar refractivity (Wildman–Crippen MR) is 96.3 cm³/mol. The second-order valence-electron chi connectivity index (χ2n) is 5.87. The normalized spacial score (nSPS) is 11.0. The third kappa shape index (κ3) is 3.37. The quantitative estimate of drug-likeness (QED) is 0.542. The zero-order valence-corrected chi connectivity index (χ0v) is 14.1. The summed E-state index contributed by atoms with van der Waals surface area (Å²) in [5.74, 6) is -0.391. The van der Waals surface area contributed by atoms with E-state index in [9.17, 15) is 9.18 Å². The van der Waals surface area contributed by atoms with E-state index in [-0.39, 0.29) is 29.4 Å². The van der Waals surface area contributed by atoms with Gasteiger partial charge >= 0.3 is 0 Å². The first-order valence-electron chi connectivity index (χ1n) is 8.21. The van der Waals surface area contributed by atoms with Crippen LogP contribution in [0.2, 0.25) is 0 Å². The lowest BCUT2D eigenvalue weighted by Crippen LogP contribution is -2.09. The van der Waals surface area contributed by atoms with Gasteiger partial charge in [0.15, 0.2) is 17.9 Å². The summed E-state index contributed by atoms with van der Waals surface area (Å²) in [7, 11) is 0. The number of carbonyl (C=O) groups is 1. The molecule has 3 aromatic heterocycles. The molecule has 4 rings (SSSR count).